The number of ether oxygens (including phenoxy) is 1. The van der Waals surface area contributed by atoms with Crippen molar-refractivity contribution >= 4 is 41.1 Å². The first-order chi connectivity index (χ1) is 10.4. The van der Waals surface area contributed by atoms with Crippen LogP contribution in [0.15, 0.2) is 11.3 Å². The minimum Gasteiger partial charge on any atom is -0.477 e. The predicted octanol–water partition coefficient (Wildman–Crippen LogP) is 0.738. The summed E-state index contributed by atoms with van der Waals surface area (Å²) in [5, 5.41) is 11.3. The summed E-state index contributed by atoms with van der Waals surface area (Å²) in [5.41, 5.74) is -1.12. The SMILES string of the molecule is CCCOC1(NC(C)=O)C(=O)N2C(C(=O)O)=C(CCl)CS[C@H]21. The summed E-state index contributed by atoms with van der Waals surface area (Å²) in [5.74, 6) is -1.78. The molecule has 1 unspecified atom stereocenters. The van der Waals surface area contributed by atoms with E-state index in [2.05, 4.69) is 5.32 Å². The number of alkyl halides is 1. The van der Waals surface area contributed by atoms with Crippen LogP contribution < -0.4 is 5.32 Å². The second kappa shape index (κ2) is 6.47. The highest BCUT2D eigenvalue weighted by Crippen LogP contribution is 2.47. The van der Waals surface area contributed by atoms with Crippen molar-refractivity contribution in [1.29, 1.82) is 0 Å². The molecule has 0 saturated carbocycles. The zero-order valence-corrected chi connectivity index (χ0v) is 13.8. The Kier molecular flexibility index (Phi) is 5.03. The fourth-order valence-corrected chi connectivity index (χ4v) is 4.24. The fourth-order valence-electron chi connectivity index (χ4n) is 2.50. The lowest BCUT2D eigenvalue weighted by atomic mass is 9.98. The number of thioether (sulfide) groups is 1. The number of fused-ring (bicyclic) bond motifs is 1. The molecule has 0 spiro atoms. The fraction of sp³-hybridized carbons (Fsp3) is 0.615. The smallest absolute Gasteiger partial charge is 0.352 e. The minimum atomic E-state index is -1.49. The molecule has 7 nitrogen and oxygen atoms in total. The van der Waals surface area contributed by atoms with E-state index in [0.717, 1.165) is 4.90 Å². The van der Waals surface area contributed by atoms with Gasteiger partial charge in [0.2, 0.25) is 5.91 Å². The molecule has 0 bridgehead atoms. The summed E-state index contributed by atoms with van der Waals surface area (Å²) >= 11 is 7.10. The van der Waals surface area contributed by atoms with Crippen molar-refractivity contribution in [3.8, 4) is 0 Å². The van der Waals surface area contributed by atoms with E-state index in [1.54, 1.807) is 0 Å². The normalized spacial score (nSPS) is 27.3. The number of carboxylic acid groups (broad SMARTS) is 1. The number of rotatable bonds is 6. The number of carbonyl (C=O) groups is 3. The Morgan fingerprint density at radius 3 is 2.77 bits per heavy atom. The van der Waals surface area contributed by atoms with E-state index < -0.39 is 28.9 Å². The average Bonchev–Trinajstić information content (AvgIpc) is 2.48. The number of hydrogen-bond donors (Lipinski definition) is 2. The number of halogens is 1. The first-order valence-electron chi connectivity index (χ1n) is 6.78. The molecule has 0 aliphatic carbocycles. The predicted molar refractivity (Wildman–Crippen MR) is 81.3 cm³/mol. The second-order valence-corrected chi connectivity index (χ2v) is 6.33. The first kappa shape index (κ1) is 17.1. The maximum Gasteiger partial charge on any atom is 0.352 e. The molecule has 22 heavy (non-hydrogen) atoms. The molecular weight excluding hydrogens is 332 g/mol. The summed E-state index contributed by atoms with van der Waals surface area (Å²) < 4.78 is 5.61. The number of β-lactam (4-membered cyclic amide) rings is 1. The van der Waals surface area contributed by atoms with Gasteiger partial charge in [0.15, 0.2) is 0 Å². The highest BCUT2D eigenvalue weighted by Gasteiger charge is 2.66. The van der Waals surface area contributed by atoms with Gasteiger partial charge in [-0.2, -0.15) is 0 Å². The van der Waals surface area contributed by atoms with E-state index in [9.17, 15) is 19.5 Å². The molecule has 122 valence electrons. The van der Waals surface area contributed by atoms with Gasteiger partial charge in [-0.05, 0) is 12.0 Å². The van der Waals surface area contributed by atoms with E-state index in [1.807, 2.05) is 6.92 Å². The third-order valence-corrected chi connectivity index (χ3v) is 5.07. The number of hydrogen-bond acceptors (Lipinski definition) is 5. The van der Waals surface area contributed by atoms with Crippen LogP contribution in [0.4, 0.5) is 0 Å². The van der Waals surface area contributed by atoms with Gasteiger partial charge in [-0.15, -0.1) is 23.4 Å². The van der Waals surface area contributed by atoms with Gasteiger partial charge in [0.25, 0.3) is 11.6 Å². The minimum absolute atomic E-state index is 0.0358. The molecule has 2 rings (SSSR count). The summed E-state index contributed by atoms with van der Waals surface area (Å²) in [4.78, 5) is 36.6. The highest BCUT2D eigenvalue weighted by atomic mass is 35.5. The Morgan fingerprint density at radius 2 is 2.27 bits per heavy atom. The molecule has 0 aromatic rings. The summed E-state index contributed by atoms with van der Waals surface area (Å²) in [6.45, 7) is 3.45. The van der Waals surface area contributed by atoms with Gasteiger partial charge >= 0.3 is 5.97 Å². The number of amides is 2. The highest BCUT2D eigenvalue weighted by molar-refractivity contribution is 8.00. The average molecular weight is 349 g/mol. The van der Waals surface area contributed by atoms with Crippen LogP contribution in [-0.4, -0.2) is 57.1 Å². The number of nitrogens with zero attached hydrogens (tertiary/aromatic N) is 1. The van der Waals surface area contributed by atoms with Crippen LogP contribution in [0.1, 0.15) is 20.3 Å². The van der Waals surface area contributed by atoms with Crippen molar-refractivity contribution in [1.82, 2.24) is 10.2 Å². The second-order valence-electron chi connectivity index (χ2n) is 4.99. The number of nitrogens with one attached hydrogen (secondary N) is 1. The number of carbonyl (C=O) groups excluding carboxylic acids is 2. The molecular formula is C13H17ClN2O5S. The molecule has 2 aliphatic rings. The molecule has 2 amide bonds. The molecule has 0 aromatic heterocycles. The molecule has 0 aromatic carbocycles. The molecule has 2 aliphatic heterocycles. The molecule has 0 radical (unpaired) electrons. The molecule has 2 heterocycles. The Bertz CT molecular complexity index is 553. The largest absolute Gasteiger partial charge is 0.477 e. The lowest BCUT2D eigenvalue weighted by Crippen LogP contribution is -2.80. The number of carboxylic acids is 1. The Labute approximate surface area is 137 Å². The Hall–Kier alpha value is -1.25. The molecule has 9 heteroatoms. The lowest BCUT2D eigenvalue weighted by molar-refractivity contribution is -0.198. The summed E-state index contributed by atoms with van der Waals surface area (Å²) in [6.07, 6.45) is 0.667. The van der Waals surface area contributed by atoms with Crippen LogP contribution in [0.2, 0.25) is 0 Å². The van der Waals surface area contributed by atoms with Crippen LogP contribution in [0, 0.1) is 0 Å². The van der Waals surface area contributed by atoms with Gasteiger partial charge in [-0.1, -0.05) is 6.92 Å². The van der Waals surface area contributed by atoms with Crippen LogP contribution in [0.25, 0.3) is 0 Å². The van der Waals surface area contributed by atoms with Gasteiger partial charge in [-0.3, -0.25) is 14.5 Å². The summed E-state index contributed by atoms with van der Waals surface area (Å²) in [6, 6.07) is 0. The molecule has 1 saturated heterocycles. The maximum atomic E-state index is 12.6. The van der Waals surface area contributed by atoms with E-state index in [1.165, 1.54) is 18.7 Å². The van der Waals surface area contributed by atoms with Crippen molar-refractivity contribution in [2.24, 2.45) is 0 Å². The summed E-state index contributed by atoms with van der Waals surface area (Å²) in [7, 11) is 0. The van der Waals surface area contributed by atoms with Gasteiger partial charge in [-0.25, -0.2) is 4.79 Å². The van der Waals surface area contributed by atoms with Gasteiger partial charge < -0.3 is 15.2 Å². The van der Waals surface area contributed by atoms with Crippen molar-refractivity contribution < 1.29 is 24.2 Å². The molecule has 2 N–H and O–H groups in total. The monoisotopic (exact) mass is 348 g/mol. The van der Waals surface area contributed by atoms with Crippen LogP contribution in [0.5, 0.6) is 0 Å². The van der Waals surface area contributed by atoms with Crippen LogP contribution in [-0.2, 0) is 19.1 Å². The molecule has 1 fully saturated rings. The first-order valence-corrected chi connectivity index (χ1v) is 8.36. The zero-order chi connectivity index (χ0) is 16.5. The standard InChI is InChI=1S/C13H17ClN2O5S/c1-3-4-21-13(15-7(2)17)11(20)16-9(10(18)19)8(5-14)6-22-12(13)16/h12H,3-6H2,1-2H3,(H,15,17)(H,18,19)/t12-,13?/m0/s1. The van der Waals surface area contributed by atoms with E-state index in [0.29, 0.717) is 17.7 Å². The quantitative estimate of drug-likeness (QED) is 0.417. The van der Waals surface area contributed by atoms with E-state index in [-0.39, 0.29) is 18.2 Å². The van der Waals surface area contributed by atoms with Crippen LogP contribution >= 0.6 is 23.4 Å². The van der Waals surface area contributed by atoms with E-state index in [4.69, 9.17) is 16.3 Å². The molecule has 2 atom stereocenters. The topological polar surface area (TPSA) is 95.9 Å². The Balaban J connectivity index is 2.37. The van der Waals surface area contributed by atoms with Crippen LogP contribution in [0.3, 0.4) is 0 Å². The van der Waals surface area contributed by atoms with Crippen molar-refractivity contribution in [2.45, 2.75) is 31.4 Å². The third kappa shape index (κ3) is 2.59. The lowest BCUT2D eigenvalue weighted by Gasteiger charge is -2.56. The van der Waals surface area contributed by atoms with Gasteiger partial charge in [0, 0.05) is 25.2 Å². The third-order valence-electron chi connectivity index (χ3n) is 3.37. The maximum absolute atomic E-state index is 12.6. The van der Waals surface area contributed by atoms with Crippen molar-refractivity contribution in [2.75, 3.05) is 18.2 Å². The Morgan fingerprint density at radius 1 is 1.59 bits per heavy atom. The van der Waals surface area contributed by atoms with Crippen molar-refractivity contribution in [3.63, 3.8) is 0 Å². The van der Waals surface area contributed by atoms with E-state index >= 15 is 0 Å². The number of aliphatic carboxylic acids is 1. The van der Waals surface area contributed by atoms with Gasteiger partial charge in [0.05, 0.1) is 0 Å². The van der Waals surface area contributed by atoms with Crippen molar-refractivity contribution in [3.05, 3.63) is 11.3 Å². The van der Waals surface area contributed by atoms with Gasteiger partial charge in [0.1, 0.15) is 11.1 Å². The zero-order valence-electron chi connectivity index (χ0n) is 12.2.